The lowest BCUT2D eigenvalue weighted by molar-refractivity contribution is 0.599. The first kappa shape index (κ1) is 17.4. The van der Waals surface area contributed by atoms with E-state index in [0.717, 1.165) is 28.3 Å². The van der Waals surface area contributed by atoms with E-state index in [1.54, 1.807) is 30.1 Å². The van der Waals surface area contributed by atoms with Crippen LogP contribution < -0.4 is 4.72 Å². The van der Waals surface area contributed by atoms with Gasteiger partial charge in [-0.25, -0.2) is 12.8 Å². The highest BCUT2D eigenvalue weighted by Gasteiger charge is 2.14. The van der Waals surface area contributed by atoms with Crippen molar-refractivity contribution in [3.8, 4) is 0 Å². The predicted molar refractivity (Wildman–Crippen MR) is 97.4 cm³/mol. The second-order valence-corrected chi connectivity index (χ2v) is 7.96. The number of rotatable bonds is 6. The Morgan fingerprint density at radius 3 is 2.36 bits per heavy atom. The van der Waals surface area contributed by atoms with Crippen LogP contribution in [0.2, 0.25) is 0 Å². The average molecular weight is 374 g/mol. The number of aromatic nitrogens is 1. The number of benzene rings is 2. The maximum absolute atomic E-state index is 12.9. The quantitative estimate of drug-likeness (QED) is 0.653. The van der Waals surface area contributed by atoms with E-state index in [0.29, 0.717) is 5.69 Å². The molecule has 0 aliphatic rings. The lowest BCUT2D eigenvalue weighted by atomic mass is 10.3. The standard InChI is InChI=1S/C18H15FN2O2S2/c19-15-3-9-18(10-4-15)25(22,23)21-16-5-7-17(8-6-16)24-13-14-2-1-11-20-12-14/h1-12,21H,13H2. The van der Waals surface area contributed by atoms with E-state index >= 15 is 0 Å². The summed E-state index contributed by atoms with van der Waals surface area (Å²) in [6, 6.07) is 15.7. The molecule has 25 heavy (non-hydrogen) atoms. The number of thioether (sulfide) groups is 1. The highest BCUT2D eigenvalue weighted by Crippen LogP contribution is 2.25. The minimum Gasteiger partial charge on any atom is -0.280 e. The molecule has 3 rings (SSSR count). The smallest absolute Gasteiger partial charge is 0.261 e. The molecule has 0 spiro atoms. The molecule has 0 bridgehead atoms. The fourth-order valence-corrected chi connectivity index (χ4v) is 3.99. The molecule has 0 radical (unpaired) electrons. The largest absolute Gasteiger partial charge is 0.280 e. The van der Waals surface area contributed by atoms with Gasteiger partial charge in [0, 0.05) is 28.7 Å². The molecule has 0 amide bonds. The minimum atomic E-state index is -3.73. The fourth-order valence-electron chi connectivity index (χ4n) is 2.10. The molecule has 0 saturated heterocycles. The van der Waals surface area contributed by atoms with Crippen LogP contribution >= 0.6 is 11.8 Å². The van der Waals surface area contributed by atoms with Crippen molar-refractivity contribution in [1.29, 1.82) is 0 Å². The summed E-state index contributed by atoms with van der Waals surface area (Å²) < 4.78 is 39.9. The van der Waals surface area contributed by atoms with Gasteiger partial charge in [-0.3, -0.25) is 9.71 Å². The number of hydrogen-bond acceptors (Lipinski definition) is 4. The molecule has 0 aliphatic heterocycles. The molecule has 0 unspecified atom stereocenters. The Morgan fingerprint density at radius 1 is 1.00 bits per heavy atom. The van der Waals surface area contributed by atoms with Crippen molar-refractivity contribution >= 4 is 27.5 Å². The first-order chi connectivity index (χ1) is 12.0. The van der Waals surface area contributed by atoms with Crippen LogP contribution in [0.1, 0.15) is 5.56 Å². The van der Waals surface area contributed by atoms with E-state index in [2.05, 4.69) is 9.71 Å². The summed E-state index contributed by atoms with van der Waals surface area (Å²) in [6.45, 7) is 0. The van der Waals surface area contributed by atoms with Crippen LogP contribution in [0.4, 0.5) is 10.1 Å². The number of nitrogens with one attached hydrogen (secondary N) is 1. The Kier molecular flexibility index (Phi) is 5.35. The lowest BCUT2D eigenvalue weighted by Gasteiger charge is -2.09. The van der Waals surface area contributed by atoms with E-state index in [9.17, 15) is 12.8 Å². The molecular weight excluding hydrogens is 359 g/mol. The third-order valence-corrected chi connectivity index (χ3v) is 5.84. The summed E-state index contributed by atoms with van der Waals surface area (Å²) in [4.78, 5) is 5.11. The third kappa shape index (κ3) is 4.80. The van der Waals surface area contributed by atoms with E-state index < -0.39 is 15.8 Å². The molecule has 0 aliphatic carbocycles. The maximum atomic E-state index is 12.9. The molecule has 128 valence electrons. The van der Waals surface area contributed by atoms with Crippen LogP contribution in [-0.4, -0.2) is 13.4 Å². The van der Waals surface area contributed by atoms with Gasteiger partial charge in [0.15, 0.2) is 0 Å². The number of nitrogens with zero attached hydrogens (tertiary/aromatic N) is 1. The number of sulfonamides is 1. The third-order valence-electron chi connectivity index (χ3n) is 3.36. The molecule has 7 heteroatoms. The van der Waals surface area contributed by atoms with Crippen molar-refractivity contribution in [2.75, 3.05) is 4.72 Å². The van der Waals surface area contributed by atoms with Crippen molar-refractivity contribution in [3.63, 3.8) is 0 Å². The number of hydrogen-bond donors (Lipinski definition) is 1. The Morgan fingerprint density at radius 2 is 1.72 bits per heavy atom. The zero-order valence-electron chi connectivity index (χ0n) is 13.1. The van der Waals surface area contributed by atoms with Crippen molar-refractivity contribution in [2.24, 2.45) is 0 Å². The van der Waals surface area contributed by atoms with Crippen LogP contribution in [-0.2, 0) is 15.8 Å². The summed E-state index contributed by atoms with van der Waals surface area (Å²) in [5, 5.41) is 0. The van der Waals surface area contributed by atoms with Gasteiger partial charge in [0.25, 0.3) is 10.0 Å². The van der Waals surface area contributed by atoms with Gasteiger partial charge in [0.1, 0.15) is 5.82 Å². The number of anilines is 1. The normalized spacial score (nSPS) is 11.2. The number of halogens is 1. The summed E-state index contributed by atoms with van der Waals surface area (Å²) in [7, 11) is -3.73. The molecular formula is C18H15FN2O2S2. The van der Waals surface area contributed by atoms with Crippen molar-refractivity contribution < 1.29 is 12.8 Å². The molecule has 1 aromatic heterocycles. The van der Waals surface area contributed by atoms with E-state index in [1.165, 1.54) is 12.1 Å². The monoisotopic (exact) mass is 374 g/mol. The maximum Gasteiger partial charge on any atom is 0.261 e. The van der Waals surface area contributed by atoms with Gasteiger partial charge in [-0.2, -0.15) is 0 Å². The molecule has 0 atom stereocenters. The van der Waals surface area contributed by atoms with Crippen LogP contribution in [0.3, 0.4) is 0 Å². The van der Waals surface area contributed by atoms with Gasteiger partial charge in [-0.15, -0.1) is 11.8 Å². The fraction of sp³-hybridized carbons (Fsp3) is 0.0556. The van der Waals surface area contributed by atoms with Gasteiger partial charge in [0.2, 0.25) is 0 Å². The first-order valence-electron chi connectivity index (χ1n) is 7.43. The first-order valence-corrected chi connectivity index (χ1v) is 9.90. The zero-order chi connectivity index (χ0) is 17.7. The molecule has 2 aromatic carbocycles. The van der Waals surface area contributed by atoms with Gasteiger partial charge < -0.3 is 0 Å². The Hall–Kier alpha value is -2.38. The van der Waals surface area contributed by atoms with E-state index in [1.807, 2.05) is 30.5 Å². The SMILES string of the molecule is O=S(=O)(Nc1ccc(SCc2cccnc2)cc1)c1ccc(F)cc1. The molecule has 0 saturated carbocycles. The van der Waals surface area contributed by atoms with Gasteiger partial charge in [-0.05, 0) is 60.2 Å². The van der Waals surface area contributed by atoms with Crippen molar-refractivity contribution in [3.05, 3.63) is 84.4 Å². The Labute approximate surface area is 150 Å². The van der Waals surface area contributed by atoms with Crippen LogP contribution in [0, 0.1) is 5.82 Å². The summed E-state index contributed by atoms with van der Waals surface area (Å²) >= 11 is 1.64. The highest BCUT2D eigenvalue weighted by molar-refractivity contribution is 7.98. The molecule has 3 aromatic rings. The van der Waals surface area contributed by atoms with Gasteiger partial charge in [-0.1, -0.05) is 6.07 Å². The van der Waals surface area contributed by atoms with Crippen LogP contribution in [0.25, 0.3) is 0 Å². The summed E-state index contributed by atoms with van der Waals surface area (Å²) in [6.07, 6.45) is 3.55. The predicted octanol–water partition coefficient (Wildman–Crippen LogP) is 4.31. The van der Waals surface area contributed by atoms with Crippen LogP contribution in [0.5, 0.6) is 0 Å². The summed E-state index contributed by atoms with van der Waals surface area (Å²) in [5.74, 6) is 0.308. The zero-order valence-corrected chi connectivity index (χ0v) is 14.7. The van der Waals surface area contributed by atoms with Crippen molar-refractivity contribution in [2.45, 2.75) is 15.5 Å². The van der Waals surface area contributed by atoms with E-state index in [-0.39, 0.29) is 4.90 Å². The summed E-state index contributed by atoms with van der Waals surface area (Å²) in [5.41, 5.74) is 1.57. The molecule has 1 heterocycles. The second kappa shape index (κ2) is 7.67. The topological polar surface area (TPSA) is 59.1 Å². The highest BCUT2D eigenvalue weighted by atomic mass is 32.2. The molecule has 1 N–H and O–H groups in total. The minimum absolute atomic E-state index is 0.0175. The molecule has 0 fully saturated rings. The van der Waals surface area contributed by atoms with E-state index in [4.69, 9.17) is 0 Å². The Balaban J connectivity index is 1.65. The average Bonchev–Trinajstić information content (AvgIpc) is 2.62. The van der Waals surface area contributed by atoms with Gasteiger partial charge >= 0.3 is 0 Å². The number of pyridine rings is 1. The van der Waals surface area contributed by atoms with Gasteiger partial charge in [0.05, 0.1) is 4.90 Å². The molecule has 4 nitrogen and oxygen atoms in total. The Bertz CT molecular complexity index is 929. The van der Waals surface area contributed by atoms with Crippen LogP contribution in [0.15, 0.2) is 82.8 Å². The second-order valence-electron chi connectivity index (χ2n) is 5.23. The lowest BCUT2D eigenvalue weighted by Crippen LogP contribution is -2.12. The van der Waals surface area contributed by atoms with Crippen molar-refractivity contribution in [1.82, 2.24) is 4.98 Å².